The summed E-state index contributed by atoms with van der Waals surface area (Å²) >= 11 is 3.45. The van der Waals surface area contributed by atoms with Crippen LogP contribution < -0.4 is 4.90 Å². The van der Waals surface area contributed by atoms with Crippen LogP contribution in [0.5, 0.6) is 0 Å². The van der Waals surface area contributed by atoms with Gasteiger partial charge in [-0.25, -0.2) is 0 Å². The van der Waals surface area contributed by atoms with Crippen LogP contribution >= 0.6 is 15.9 Å². The molecule has 0 bridgehead atoms. The highest BCUT2D eigenvalue weighted by molar-refractivity contribution is 9.10. The molecule has 0 saturated heterocycles. The quantitative estimate of drug-likeness (QED) is 0.850. The average Bonchev–Trinajstić information content (AvgIpc) is 2.37. The monoisotopic (exact) mass is 290 g/mol. The van der Waals surface area contributed by atoms with E-state index in [2.05, 4.69) is 63.1 Å². The minimum absolute atomic E-state index is 0.882. The van der Waals surface area contributed by atoms with Gasteiger partial charge in [0.1, 0.15) is 0 Å². The molecule has 2 rings (SSSR count). The summed E-state index contributed by atoms with van der Waals surface area (Å²) in [5, 5.41) is 0. The summed E-state index contributed by atoms with van der Waals surface area (Å²) in [6.45, 7) is 4.03. The number of aromatic nitrogens is 1. The fourth-order valence-electron chi connectivity index (χ4n) is 1.79. The number of benzene rings is 1. The molecule has 0 fully saturated rings. The number of nitrogens with zero attached hydrogens (tertiary/aromatic N) is 2. The lowest BCUT2D eigenvalue weighted by atomic mass is 10.2. The first-order chi connectivity index (χ1) is 8.29. The fraction of sp³-hybridized carbons (Fsp3) is 0.214. The van der Waals surface area contributed by atoms with E-state index in [1.54, 1.807) is 0 Å². The first-order valence-electron chi connectivity index (χ1n) is 5.69. The SMILES string of the molecule is CCN(Cc1cncc(Br)c1)c1ccccc1. The molecule has 0 aliphatic rings. The van der Waals surface area contributed by atoms with Gasteiger partial charge in [0.15, 0.2) is 0 Å². The fourth-order valence-corrected chi connectivity index (χ4v) is 2.20. The number of rotatable bonds is 4. The summed E-state index contributed by atoms with van der Waals surface area (Å²) in [5.41, 5.74) is 2.46. The molecule has 2 aromatic rings. The Balaban J connectivity index is 2.16. The third-order valence-electron chi connectivity index (χ3n) is 2.64. The van der Waals surface area contributed by atoms with Gasteiger partial charge >= 0.3 is 0 Å². The van der Waals surface area contributed by atoms with E-state index in [9.17, 15) is 0 Å². The zero-order valence-corrected chi connectivity index (χ0v) is 11.4. The van der Waals surface area contributed by atoms with E-state index in [1.807, 2.05) is 18.5 Å². The van der Waals surface area contributed by atoms with E-state index in [0.717, 1.165) is 17.6 Å². The zero-order valence-electron chi connectivity index (χ0n) is 9.81. The molecule has 0 unspecified atom stereocenters. The van der Waals surface area contributed by atoms with Crippen LogP contribution in [0.4, 0.5) is 5.69 Å². The van der Waals surface area contributed by atoms with Crippen molar-refractivity contribution < 1.29 is 0 Å². The molecule has 0 spiro atoms. The van der Waals surface area contributed by atoms with E-state index in [0.29, 0.717) is 0 Å². The highest BCUT2D eigenvalue weighted by Crippen LogP contribution is 2.17. The van der Waals surface area contributed by atoms with Crippen LogP contribution in [-0.4, -0.2) is 11.5 Å². The number of halogens is 1. The molecule has 0 atom stereocenters. The zero-order chi connectivity index (χ0) is 12.1. The summed E-state index contributed by atoms with van der Waals surface area (Å²) in [6.07, 6.45) is 3.72. The first-order valence-corrected chi connectivity index (χ1v) is 6.48. The molecular weight excluding hydrogens is 276 g/mol. The van der Waals surface area contributed by atoms with Crippen molar-refractivity contribution in [3.05, 3.63) is 58.8 Å². The lowest BCUT2D eigenvalue weighted by Gasteiger charge is -2.23. The van der Waals surface area contributed by atoms with Gasteiger partial charge in [-0.05, 0) is 46.6 Å². The molecule has 2 nitrogen and oxygen atoms in total. The maximum atomic E-state index is 4.19. The molecule has 0 aliphatic carbocycles. The van der Waals surface area contributed by atoms with Crippen molar-refractivity contribution in [2.24, 2.45) is 0 Å². The predicted molar refractivity (Wildman–Crippen MR) is 75.1 cm³/mol. The summed E-state index contributed by atoms with van der Waals surface area (Å²) in [4.78, 5) is 6.51. The van der Waals surface area contributed by atoms with Crippen molar-refractivity contribution in [1.29, 1.82) is 0 Å². The number of hydrogen-bond donors (Lipinski definition) is 0. The Morgan fingerprint density at radius 3 is 2.59 bits per heavy atom. The lowest BCUT2D eigenvalue weighted by molar-refractivity contribution is 0.827. The number of hydrogen-bond acceptors (Lipinski definition) is 2. The largest absolute Gasteiger partial charge is 0.367 e. The van der Waals surface area contributed by atoms with Gasteiger partial charge in [0, 0.05) is 35.6 Å². The van der Waals surface area contributed by atoms with Crippen molar-refractivity contribution in [1.82, 2.24) is 4.98 Å². The molecule has 0 amide bonds. The second-order valence-electron chi connectivity index (χ2n) is 3.86. The third-order valence-corrected chi connectivity index (χ3v) is 3.07. The molecule has 0 N–H and O–H groups in total. The van der Waals surface area contributed by atoms with Gasteiger partial charge in [-0.3, -0.25) is 4.98 Å². The second-order valence-corrected chi connectivity index (χ2v) is 4.78. The van der Waals surface area contributed by atoms with E-state index >= 15 is 0 Å². The van der Waals surface area contributed by atoms with Crippen molar-refractivity contribution in [2.75, 3.05) is 11.4 Å². The van der Waals surface area contributed by atoms with Crippen LogP contribution in [0.1, 0.15) is 12.5 Å². The average molecular weight is 291 g/mol. The van der Waals surface area contributed by atoms with E-state index < -0.39 is 0 Å². The predicted octanol–water partition coefficient (Wildman–Crippen LogP) is 3.87. The summed E-state index contributed by atoms with van der Waals surface area (Å²) in [6, 6.07) is 12.6. The van der Waals surface area contributed by atoms with Crippen molar-refractivity contribution in [2.45, 2.75) is 13.5 Å². The van der Waals surface area contributed by atoms with E-state index in [4.69, 9.17) is 0 Å². The van der Waals surface area contributed by atoms with Gasteiger partial charge in [-0.1, -0.05) is 18.2 Å². The first kappa shape index (κ1) is 12.1. The van der Waals surface area contributed by atoms with Crippen LogP contribution in [0.2, 0.25) is 0 Å². The molecule has 0 radical (unpaired) electrons. The van der Waals surface area contributed by atoms with Crippen LogP contribution in [-0.2, 0) is 6.54 Å². The Labute approximate surface area is 110 Å². The van der Waals surface area contributed by atoms with Gasteiger partial charge < -0.3 is 4.90 Å². The highest BCUT2D eigenvalue weighted by atomic mass is 79.9. The Bertz CT molecular complexity index is 471. The Kier molecular flexibility index (Phi) is 4.15. The van der Waals surface area contributed by atoms with Gasteiger partial charge in [0.25, 0.3) is 0 Å². The van der Waals surface area contributed by atoms with Gasteiger partial charge in [-0.15, -0.1) is 0 Å². The summed E-state index contributed by atoms with van der Waals surface area (Å²) < 4.78 is 1.03. The maximum Gasteiger partial charge on any atom is 0.0445 e. The molecule has 0 aliphatic heterocycles. The van der Waals surface area contributed by atoms with Crippen LogP contribution in [0.3, 0.4) is 0 Å². The van der Waals surface area contributed by atoms with Crippen LogP contribution in [0.15, 0.2) is 53.3 Å². The highest BCUT2D eigenvalue weighted by Gasteiger charge is 2.05. The molecule has 1 aromatic heterocycles. The smallest absolute Gasteiger partial charge is 0.0445 e. The molecule has 1 heterocycles. The molecule has 1 aromatic carbocycles. The minimum atomic E-state index is 0.882. The topological polar surface area (TPSA) is 16.1 Å². The van der Waals surface area contributed by atoms with Gasteiger partial charge in [0.05, 0.1) is 0 Å². The van der Waals surface area contributed by atoms with Crippen molar-refractivity contribution in [3.8, 4) is 0 Å². The second kappa shape index (κ2) is 5.82. The normalized spacial score (nSPS) is 10.2. The maximum absolute atomic E-state index is 4.19. The third kappa shape index (κ3) is 3.30. The van der Waals surface area contributed by atoms with Crippen molar-refractivity contribution >= 4 is 21.6 Å². The Hall–Kier alpha value is -1.35. The van der Waals surface area contributed by atoms with Crippen LogP contribution in [0.25, 0.3) is 0 Å². The number of anilines is 1. The molecule has 17 heavy (non-hydrogen) atoms. The molecule has 88 valence electrons. The number of pyridine rings is 1. The van der Waals surface area contributed by atoms with Crippen molar-refractivity contribution in [3.63, 3.8) is 0 Å². The molecule has 3 heteroatoms. The summed E-state index contributed by atoms with van der Waals surface area (Å²) in [7, 11) is 0. The van der Waals surface area contributed by atoms with Gasteiger partial charge in [-0.2, -0.15) is 0 Å². The van der Waals surface area contributed by atoms with E-state index in [-0.39, 0.29) is 0 Å². The minimum Gasteiger partial charge on any atom is -0.367 e. The number of para-hydroxylation sites is 1. The van der Waals surface area contributed by atoms with E-state index in [1.165, 1.54) is 11.3 Å². The summed E-state index contributed by atoms with van der Waals surface area (Å²) in [5.74, 6) is 0. The lowest BCUT2D eigenvalue weighted by Crippen LogP contribution is -2.21. The van der Waals surface area contributed by atoms with Gasteiger partial charge in [0.2, 0.25) is 0 Å². The molecular formula is C14H15BrN2. The van der Waals surface area contributed by atoms with Crippen LogP contribution in [0, 0.1) is 0 Å². The Morgan fingerprint density at radius 1 is 1.18 bits per heavy atom. The Morgan fingerprint density at radius 2 is 1.94 bits per heavy atom. The molecule has 0 saturated carbocycles. The standard InChI is InChI=1S/C14H15BrN2/c1-2-17(14-6-4-3-5-7-14)11-12-8-13(15)10-16-9-12/h3-10H,2,11H2,1H3.